The second-order valence-corrected chi connectivity index (χ2v) is 8.48. The number of anilines is 1. The molecule has 2 rings (SSSR count). The highest BCUT2D eigenvalue weighted by molar-refractivity contribution is 7.89. The van der Waals surface area contributed by atoms with E-state index in [1.165, 1.54) is 12.1 Å². The highest BCUT2D eigenvalue weighted by atomic mass is 32.2. The molecule has 1 heterocycles. The molecule has 9 heteroatoms. The van der Waals surface area contributed by atoms with Gasteiger partial charge in [0.2, 0.25) is 10.0 Å². The molecule has 0 bridgehead atoms. The number of aryl methyl sites for hydroxylation is 1. The molecule has 1 aromatic carbocycles. The van der Waals surface area contributed by atoms with Gasteiger partial charge in [0.1, 0.15) is 0 Å². The van der Waals surface area contributed by atoms with E-state index in [1.54, 1.807) is 24.3 Å². The summed E-state index contributed by atoms with van der Waals surface area (Å²) in [6, 6.07) is 3.94. The van der Waals surface area contributed by atoms with Crippen LogP contribution in [0.2, 0.25) is 0 Å². The number of nitrogens with zero attached hydrogens (tertiary/aromatic N) is 1. The molecule has 0 unspecified atom stereocenters. The maximum absolute atomic E-state index is 12.0. The summed E-state index contributed by atoms with van der Waals surface area (Å²) < 4.78 is 22.8. The molecule has 0 spiro atoms. The predicted octanol–water partition coefficient (Wildman–Crippen LogP) is 2.59. The quantitative estimate of drug-likeness (QED) is 0.712. The van der Waals surface area contributed by atoms with Crippen molar-refractivity contribution in [2.75, 3.05) is 11.9 Å². The lowest BCUT2D eigenvalue weighted by Crippen LogP contribution is -2.30. The second kappa shape index (κ2) is 7.94. The lowest BCUT2D eigenvalue weighted by molar-refractivity contribution is 0.252. The Hall–Kier alpha value is -1.97. The zero-order valence-corrected chi connectivity index (χ0v) is 16.0. The van der Waals surface area contributed by atoms with Crippen molar-refractivity contribution in [2.24, 2.45) is 5.14 Å². The number of hydrogen-bond donors (Lipinski definition) is 3. The van der Waals surface area contributed by atoms with Crippen LogP contribution in [0.5, 0.6) is 0 Å². The van der Waals surface area contributed by atoms with Crippen LogP contribution in [0.15, 0.2) is 28.5 Å². The predicted molar refractivity (Wildman–Crippen MR) is 99.5 cm³/mol. The monoisotopic (exact) mass is 382 g/mol. The van der Waals surface area contributed by atoms with Gasteiger partial charge in [0.25, 0.3) is 0 Å². The standard InChI is InChI=1S/C16H22N4O3S2/c1-10(2)14-9-24-15(19-14)6-7-18-16(21)20-13-8-12(25(17,22)23)5-4-11(13)3/h4-5,8-10H,6-7H2,1-3H3,(H2,17,22,23)(H2,18,20,21). The first-order valence-electron chi connectivity index (χ1n) is 7.79. The van der Waals surface area contributed by atoms with Gasteiger partial charge in [-0.1, -0.05) is 19.9 Å². The Morgan fingerprint density at radius 2 is 2.08 bits per heavy atom. The van der Waals surface area contributed by atoms with Gasteiger partial charge in [0, 0.05) is 24.0 Å². The zero-order chi connectivity index (χ0) is 18.6. The molecule has 7 nitrogen and oxygen atoms in total. The van der Waals surface area contributed by atoms with Crippen molar-refractivity contribution in [1.29, 1.82) is 0 Å². The highest BCUT2D eigenvalue weighted by Crippen LogP contribution is 2.20. The molecule has 0 aliphatic rings. The van der Waals surface area contributed by atoms with Gasteiger partial charge in [-0.15, -0.1) is 11.3 Å². The summed E-state index contributed by atoms with van der Waals surface area (Å²) in [5, 5.41) is 13.5. The van der Waals surface area contributed by atoms with Crippen molar-refractivity contribution >= 4 is 33.1 Å². The molecule has 1 aromatic heterocycles. The maximum atomic E-state index is 12.0. The summed E-state index contributed by atoms with van der Waals surface area (Å²) in [6.45, 7) is 6.38. The second-order valence-electron chi connectivity index (χ2n) is 5.97. The Morgan fingerprint density at radius 1 is 1.36 bits per heavy atom. The number of sulfonamides is 1. The van der Waals surface area contributed by atoms with Crippen LogP contribution in [-0.4, -0.2) is 26.0 Å². The molecular formula is C16H22N4O3S2. The molecule has 0 aliphatic heterocycles. The van der Waals surface area contributed by atoms with Crippen LogP contribution in [0, 0.1) is 6.92 Å². The number of rotatable bonds is 6. The third-order valence-electron chi connectivity index (χ3n) is 3.57. The number of benzene rings is 1. The van der Waals surface area contributed by atoms with E-state index in [0.29, 0.717) is 24.6 Å². The summed E-state index contributed by atoms with van der Waals surface area (Å²) >= 11 is 1.58. The van der Waals surface area contributed by atoms with Gasteiger partial charge in [-0.05, 0) is 30.5 Å². The summed E-state index contributed by atoms with van der Waals surface area (Å²) in [5.41, 5.74) is 2.20. The van der Waals surface area contributed by atoms with Crippen molar-refractivity contribution in [3.63, 3.8) is 0 Å². The number of hydrogen-bond acceptors (Lipinski definition) is 5. The number of nitrogens with one attached hydrogen (secondary N) is 2. The molecule has 0 aliphatic carbocycles. The minimum Gasteiger partial charge on any atom is -0.337 e. The molecule has 2 aromatic rings. The van der Waals surface area contributed by atoms with E-state index in [0.717, 1.165) is 16.3 Å². The van der Waals surface area contributed by atoms with Crippen molar-refractivity contribution < 1.29 is 13.2 Å². The van der Waals surface area contributed by atoms with Crippen LogP contribution in [-0.2, 0) is 16.4 Å². The smallest absolute Gasteiger partial charge is 0.319 e. The van der Waals surface area contributed by atoms with Crippen LogP contribution >= 0.6 is 11.3 Å². The van der Waals surface area contributed by atoms with E-state index in [4.69, 9.17) is 5.14 Å². The summed E-state index contributed by atoms with van der Waals surface area (Å²) in [7, 11) is -3.81. The summed E-state index contributed by atoms with van der Waals surface area (Å²) in [4.78, 5) is 16.5. The van der Waals surface area contributed by atoms with E-state index < -0.39 is 16.1 Å². The van der Waals surface area contributed by atoms with E-state index in [1.807, 2.05) is 5.38 Å². The number of amides is 2. The van der Waals surface area contributed by atoms with Crippen molar-refractivity contribution in [1.82, 2.24) is 10.3 Å². The minimum atomic E-state index is -3.81. The first-order valence-corrected chi connectivity index (χ1v) is 10.2. The molecule has 0 saturated carbocycles. The van der Waals surface area contributed by atoms with E-state index in [9.17, 15) is 13.2 Å². The van der Waals surface area contributed by atoms with Gasteiger partial charge in [-0.25, -0.2) is 23.3 Å². The van der Waals surface area contributed by atoms with Crippen molar-refractivity contribution in [2.45, 2.75) is 38.0 Å². The Morgan fingerprint density at radius 3 is 2.68 bits per heavy atom. The molecule has 2 amide bonds. The van der Waals surface area contributed by atoms with Gasteiger partial charge in [-0.2, -0.15) is 0 Å². The lowest BCUT2D eigenvalue weighted by atomic mass is 10.2. The topological polar surface area (TPSA) is 114 Å². The average molecular weight is 383 g/mol. The Labute approximate surface area is 151 Å². The molecule has 0 atom stereocenters. The van der Waals surface area contributed by atoms with Crippen LogP contribution in [0.4, 0.5) is 10.5 Å². The lowest BCUT2D eigenvalue weighted by Gasteiger charge is -2.11. The maximum Gasteiger partial charge on any atom is 0.319 e. The number of carbonyl (C=O) groups is 1. The third kappa shape index (κ3) is 5.52. The fourth-order valence-corrected chi connectivity index (χ4v) is 3.57. The van der Waals surface area contributed by atoms with Gasteiger partial charge < -0.3 is 10.6 Å². The van der Waals surface area contributed by atoms with E-state index in [-0.39, 0.29) is 4.90 Å². The molecular weight excluding hydrogens is 360 g/mol. The Bertz CT molecular complexity index is 860. The first kappa shape index (κ1) is 19.4. The van der Waals surface area contributed by atoms with Crippen LogP contribution < -0.4 is 15.8 Å². The number of primary sulfonamides is 1. The van der Waals surface area contributed by atoms with Crippen LogP contribution in [0.25, 0.3) is 0 Å². The molecule has 4 N–H and O–H groups in total. The fraction of sp³-hybridized carbons (Fsp3) is 0.375. The normalized spacial score (nSPS) is 11.6. The number of nitrogens with two attached hydrogens (primary N) is 1. The first-order chi connectivity index (χ1) is 11.7. The summed E-state index contributed by atoms with van der Waals surface area (Å²) in [5.74, 6) is 0.385. The van der Waals surface area contributed by atoms with Gasteiger partial charge >= 0.3 is 6.03 Å². The number of aromatic nitrogens is 1. The number of thiazole rings is 1. The molecule has 0 saturated heterocycles. The fourth-order valence-electron chi connectivity index (χ4n) is 2.07. The number of carbonyl (C=O) groups excluding carboxylic acids is 1. The largest absolute Gasteiger partial charge is 0.337 e. The minimum absolute atomic E-state index is 0.0441. The molecule has 25 heavy (non-hydrogen) atoms. The number of urea groups is 1. The molecule has 0 radical (unpaired) electrons. The van der Waals surface area contributed by atoms with Crippen molar-refractivity contribution in [3.8, 4) is 0 Å². The SMILES string of the molecule is Cc1ccc(S(N)(=O)=O)cc1NC(=O)NCCc1nc(C(C)C)cs1. The molecule has 0 fully saturated rings. The Balaban J connectivity index is 1.92. The summed E-state index contributed by atoms with van der Waals surface area (Å²) in [6.07, 6.45) is 0.640. The van der Waals surface area contributed by atoms with Crippen LogP contribution in [0.1, 0.15) is 36.0 Å². The van der Waals surface area contributed by atoms with E-state index >= 15 is 0 Å². The molecule has 136 valence electrons. The third-order valence-corrected chi connectivity index (χ3v) is 5.41. The van der Waals surface area contributed by atoms with Gasteiger partial charge in [0.15, 0.2) is 0 Å². The van der Waals surface area contributed by atoms with Crippen molar-refractivity contribution in [3.05, 3.63) is 39.8 Å². The Kier molecular flexibility index (Phi) is 6.15. The van der Waals surface area contributed by atoms with Gasteiger partial charge in [0.05, 0.1) is 15.6 Å². The van der Waals surface area contributed by atoms with Gasteiger partial charge in [-0.3, -0.25) is 0 Å². The average Bonchev–Trinajstić information content (AvgIpc) is 2.97. The highest BCUT2D eigenvalue weighted by Gasteiger charge is 2.12. The van der Waals surface area contributed by atoms with E-state index in [2.05, 4.69) is 29.5 Å². The van der Waals surface area contributed by atoms with Crippen LogP contribution in [0.3, 0.4) is 0 Å². The zero-order valence-electron chi connectivity index (χ0n) is 14.4.